The smallest absolute Gasteiger partial charge is 0.229 e. The minimum absolute atomic E-state index is 0.0494. The Bertz CT molecular complexity index is 978. The topological polar surface area (TPSA) is 62.3 Å². The lowest BCUT2D eigenvalue weighted by molar-refractivity contribution is -0.129. The molecule has 27 heavy (non-hydrogen) atoms. The van der Waals surface area contributed by atoms with Gasteiger partial charge in [-0.25, -0.2) is 4.98 Å². The first-order valence-electron chi connectivity index (χ1n) is 9.07. The molecule has 0 spiro atoms. The number of nitrogens with zero attached hydrogens (tertiary/aromatic N) is 2. The first kappa shape index (κ1) is 17.7. The normalized spacial score (nSPS) is 17.1. The lowest BCUT2D eigenvalue weighted by Crippen LogP contribution is -2.33. The van der Waals surface area contributed by atoms with E-state index < -0.39 is 0 Å². The molecular formula is C21H21N3O2S. The van der Waals surface area contributed by atoms with Crippen LogP contribution in [-0.4, -0.2) is 34.3 Å². The van der Waals surface area contributed by atoms with E-state index in [0.29, 0.717) is 6.54 Å². The van der Waals surface area contributed by atoms with Gasteiger partial charge in [0, 0.05) is 30.3 Å². The van der Waals surface area contributed by atoms with Crippen LogP contribution in [0.2, 0.25) is 0 Å². The standard InChI is InChI=1S/C21H21N3O2S/c1-13(2)24-12-15(11-19(24)25)20(26)22-16-7-5-6-14(10-16)21-23-17-8-3-4-9-18(17)27-21/h3-10,13,15H,11-12H2,1-2H3,(H,22,26)/t15-/m1/s1. The molecule has 0 unspecified atom stereocenters. The second-order valence-corrected chi connectivity index (χ2v) is 8.13. The highest BCUT2D eigenvalue weighted by Gasteiger charge is 2.35. The Morgan fingerprint density at radius 1 is 1.22 bits per heavy atom. The van der Waals surface area contributed by atoms with E-state index >= 15 is 0 Å². The molecule has 1 fully saturated rings. The molecular weight excluding hydrogens is 358 g/mol. The van der Waals surface area contributed by atoms with Crippen molar-refractivity contribution in [3.05, 3.63) is 48.5 Å². The number of rotatable bonds is 4. The third-order valence-corrected chi connectivity index (χ3v) is 5.91. The molecule has 1 N–H and O–H groups in total. The highest BCUT2D eigenvalue weighted by atomic mass is 32.1. The van der Waals surface area contributed by atoms with Crippen LogP contribution >= 0.6 is 11.3 Å². The fraction of sp³-hybridized carbons (Fsp3) is 0.286. The number of benzene rings is 2. The summed E-state index contributed by atoms with van der Waals surface area (Å²) in [7, 11) is 0. The molecule has 2 aromatic carbocycles. The summed E-state index contributed by atoms with van der Waals surface area (Å²) in [6, 6.07) is 15.9. The Morgan fingerprint density at radius 3 is 2.78 bits per heavy atom. The van der Waals surface area contributed by atoms with Gasteiger partial charge in [-0.1, -0.05) is 24.3 Å². The van der Waals surface area contributed by atoms with Gasteiger partial charge in [-0.2, -0.15) is 0 Å². The molecule has 1 saturated heterocycles. The Balaban J connectivity index is 1.51. The maximum atomic E-state index is 12.6. The Morgan fingerprint density at radius 2 is 2.04 bits per heavy atom. The fourth-order valence-electron chi connectivity index (χ4n) is 3.38. The number of carbonyl (C=O) groups is 2. The van der Waals surface area contributed by atoms with Gasteiger partial charge >= 0.3 is 0 Å². The summed E-state index contributed by atoms with van der Waals surface area (Å²) in [5.74, 6) is -0.354. The van der Waals surface area contributed by atoms with Crippen molar-refractivity contribution in [2.75, 3.05) is 11.9 Å². The quantitative estimate of drug-likeness (QED) is 0.740. The van der Waals surface area contributed by atoms with E-state index in [4.69, 9.17) is 0 Å². The number of thiazole rings is 1. The Hall–Kier alpha value is -2.73. The van der Waals surface area contributed by atoms with E-state index in [2.05, 4.69) is 16.4 Å². The molecule has 4 rings (SSSR count). The van der Waals surface area contributed by atoms with Crippen molar-refractivity contribution in [1.29, 1.82) is 0 Å². The zero-order chi connectivity index (χ0) is 19.0. The average molecular weight is 379 g/mol. The average Bonchev–Trinajstić information content (AvgIpc) is 3.25. The number of nitrogens with one attached hydrogen (secondary N) is 1. The van der Waals surface area contributed by atoms with Crippen molar-refractivity contribution in [3.63, 3.8) is 0 Å². The van der Waals surface area contributed by atoms with Crippen LogP contribution < -0.4 is 5.32 Å². The third kappa shape index (κ3) is 3.57. The number of carbonyl (C=O) groups excluding carboxylic acids is 2. The number of para-hydroxylation sites is 1. The monoisotopic (exact) mass is 379 g/mol. The fourth-order valence-corrected chi connectivity index (χ4v) is 4.34. The number of fused-ring (bicyclic) bond motifs is 1. The molecule has 6 heteroatoms. The number of anilines is 1. The minimum Gasteiger partial charge on any atom is -0.339 e. The van der Waals surface area contributed by atoms with Gasteiger partial charge in [-0.05, 0) is 38.1 Å². The minimum atomic E-state index is -0.300. The molecule has 1 aliphatic heterocycles. The van der Waals surface area contributed by atoms with Crippen LogP contribution in [-0.2, 0) is 9.59 Å². The molecule has 0 radical (unpaired) electrons. The van der Waals surface area contributed by atoms with Crippen LogP contribution in [0, 0.1) is 5.92 Å². The van der Waals surface area contributed by atoms with Crippen LogP contribution in [0.3, 0.4) is 0 Å². The number of likely N-dealkylation sites (tertiary alicyclic amines) is 1. The van der Waals surface area contributed by atoms with Crippen molar-refractivity contribution in [3.8, 4) is 10.6 Å². The number of aromatic nitrogens is 1. The largest absolute Gasteiger partial charge is 0.339 e. The van der Waals surface area contributed by atoms with Crippen LogP contribution in [0.15, 0.2) is 48.5 Å². The summed E-state index contributed by atoms with van der Waals surface area (Å²) in [4.78, 5) is 31.1. The molecule has 2 heterocycles. The SMILES string of the molecule is CC(C)N1C[C@H](C(=O)Nc2cccc(-c3nc4ccccc4s3)c2)CC1=O. The predicted molar refractivity (Wildman–Crippen MR) is 109 cm³/mol. The molecule has 3 aromatic rings. The molecule has 0 saturated carbocycles. The van der Waals surface area contributed by atoms with Crippen molar-refractivity contribution in [2.24, 2.45) is 5.92 Å². The maximum absolute atomic E-state index is 12.6. The number of hydrogen-bond acceptors (Lipinski definition) is 4. The van der Waals surface area contributed by atoms with Gasteiger partial charge in [0.1, 0.15) is 5.01 Å². The molecule has 138 valence electrons. The molecule has 5 nitrogen and oxygen atoms in total. The van der Waals surface area contributed by atoms with Crippen molar-refractivity contribution >= 4 is 39.1 Å². The number of hydrogen-bond donors (Lipinski definition) is 1. The zero-order valence-corrected chi connectivity index (χ0v) is 16.1. The lowest BCUT2D eigenvalue weighted by atomic mass is 10.1. The second kappa shape index (κ2) is 7.12. The maximum Gasteiger partial charge on any atom is 0.229 e. The van der Waals surface area contributed by atoms with Gasteiger partial charge in [0.15, 0.2) is 0 Å². The van der Waals surface area contributed by atoms with Crippen molar-refractivity contribution in [1.82, 2.24) is 9.88 Å². The van der Waals surface area contributed by atoms with Crippen LogP contribution in [0.4, 0.5) is 5.69 Å². The summed E-state index contributed by atoms with van der Waals surface area (Å²) in [6.45, 7) is 4.43. The van der Waals surface area contributed by atoms with E-state index in [1.807, 2.05) is 56.3 Å². The number of amides is 2. The predicted octanol–water partition coefficient (Wildman–Crippen LogP) is 4.16. The highest BCUT2D eigenvalue weighted by Crippen LogP contribution is 2.31. The Labute approximate surface area is 162 Å². The summed E-state index contributed by atoms with van der Waals surface area (Å²) in [5.41, 5.74) is 2.68. The first-order valence-corrected chi connectivity index (χ1v) is 9.89. The summed E-state index contributed by atoms with van der Waals surface area (Å²) in [6.07, 6.45) is 0.279. The van der Waals surface area contributed by atoms with Crippen molar-refractivity contribution < 1.29 is 9.59 Å². The molecule has 1 aromatic heterocycles. The summed E-state index contributed by atoms with van der Waals surface area (Å²) in [5, 5.41) is 3.89. The van der Waals surface area contributed by atoms with Gasteiger partial charge in [0.2, 0.25) is 11.8 Å². The molecule has 2 amide bonds. The summed E-state index contributed by atoms with van der Waals surface area (Å²) < 4.78 is 1.14. The second-order valence-electron chi connectivity index (χ2n) is 7.10. The highest BCUT2D eigenvalue weighted by molar-refractivity contribution is 7.21. The lowest BCUT2D eigenvalue weighted by Gasteiger charge is -2.20. The molecule has 0 bridgehead atoms. The Kier molecular flexibility index (Phi) is 4.66. The van der Waals surface area contributed by atoms with E-state index in [9.17, 15) is 9.59 Å². The van der Waals surface area contributed by atoms with Gasteiger partial charge in [0.05, 0.1) is 16.1 Å². The van der Waals surface area contributed by atoms with Gasteiger partial charge < -0.3 is 10.2 Å². The van der Waals surface area contributed by atoms with Crippen LogP contribution in [0.1, 0.15) is 20.3 Å². The van der Waals surface area contributed by atoms with E-state index in [1.54, 1.807) is 16.2 Å². The third-order valence-electron chi connectivity index (χ3n) is 4.82. The van der Waals surface area contributed by atoms with Crippen LogP contribution in [0.5, 0.6) is 0 Å². The van der Waals surface area contributed by atoms with Crippen LogP contribution in [0.25, 0.3) is 20.8 Å². The molecule has 0 aliphatic carbocycles. The van der Waals surface area contributed by atoms with Gasteiger partial charge in [0.25, 0.3) is 0 Å². The summed E-state index contributed by atoms with van der Waals surface area (Å²) >= 11 is 1.63. The van der Waals surface area contributed by atoms with Gasteiger partial charge in [-0.3, -0.25) is 9.59 Å². The van der Waals surface area contributed by atoms with E-state index in [0.717, 1.165) is 26.5 Å². The zero-order valence-electron chi connectivity index (χ0n) is 15.3. The molecule has 1 aliphatic rings. The van der Waals surface area contributed by atoms with E-state index in [-0.39, 0.29) is 30.2 Å². The van der Waals surface area contributed by atoms with Gasteiger partial charge in [-0.15, -0.1) is 11.3 Å². The first-order chi connectivity index (χ1) is 13.0. The van der Waals surface area contributed by atoms with Crippen molar-refractivity contribution in [2.45, 2.75) is 26.3 Å². The van der Waals surface area contributed by atoms with E-state index in [1.165, 1.54) is 0 Å². The molecule has 1 atom stereocenters.